The second kappa shape index (κ2) is 8.87. The summed E-state index contributed by atoms with van der Waals surface area (Å²) < 4.78 is 11.1. The zero-order valence-corrected chi connectivity index (χ0v) is 15.4. The van der Waals surface area contributed by atoms with E-state index in [9.17, 15) is 4.79 Å². The minimum Gasteiger partial charge on any atom is -0.479 e. The third-order valence-corrected chi connectivity index (χ3v) is 4.43. The van der Waals surface area contributed by atoms with Gasteiger partial charge in [0, 0.05) is 13.1 Å². The molecule has 1 atom stereocenters. The van der Waals surface area contributed by atoms with E-state index >= 15 is 0 Å². The SMILES string of the molecule is CC[C@@H](Oc1ccccc1Cl)C(=O)Nc1ccc(N2CCOCC2)nc1. The monoisotopic (exact) mass is 375 g/mol. The van der Waals surface area contributed by atoms with E-state index in [-0.39, 0.29) is 5.91 Å². The molecule has 138 valence electrons. The van der Waals surface area contributed by atoms with Gasteiger partial charge in [0.1, 0.15) is 11.6 Å². The molecule has 3 rings (SSSR count). The van der Waals surface area contributed by atoms with Crippen molar-refractivity contribution in [3.8, 4) is 5.75 Å². The molecular formula is C19H22ClN3O3. The highest BCUT2D eigenvalue weighted by molar-refractivity contribution is 6.32. The number of aromatic nitrogens is 1. The van der Waals surface area contributed by atoms with Gasteiger partial charge in [0.15, 0.2) is 6.10 Å². The number of para-hydroxylation sites is 1. The Morgan fingerprint density at radius 3 is 2.73 bits per heavy atom. The molecule has 1 aliphatic heterocycles. The maximum atomic E-state index is 12.5. The number of pyridine rings is 1. The van der Waals surface area contributed by atoms with Gasteiger partial charge in [-0.3, -0.25) is 4.79 Å². The third-order valence-electron chi connectivity index (χ3n) is 4.12. The lowest BCUT2D eigenvalue weighted by molar-refractivity contribution is -0.122. The number of ether oxygens (including phenoxy) is 2. The summed E-state index contributed by atoms with van der Waals surface area (Å²) in [5.74, 6) is 1.15. The maximum absolute atomic E-state index is 12.5. The Labute approximate surface area is 158 Å². The van der Waals surface area contributed by atoms with E-state index in [1.807, 2.05) is 31.2 Å². The average Bonchev–Trinajstić information content (AvgIpc) is 2.68. The first kappa shape index (κ1) is 18.5. The molecule has 1 amide bonds. The molecule has 0 radical (unpaired) electrons. The van der Waals surface area contributed by atoms with Crippen LogP contribution in [0.25, 0.3) is 0 Å². The summed E-state index contributed by atoms with van der Waals surface area (Å²) in [4.78, 5) is 19.1. The van der Waals surface area contributed by atoms with Gasteiger partial charge in [-0.1, -0.05) is 30.7 Å². The first-order chi connectivity index (χ1) is 12.7. The maximum Gasteiger partial charge on any atom is 0.265 e. The van der Waals surface area contributed by atoms with Gasteiger partial charge in [0.05, 0.1) is 30.1 Å². The van der Waals surface area contributed by atoms with Crippen LogP contribution >= 0.6 is 11.6 Å². The molecule has 1 aromatic heterocycles. The van der Waals surface area contributed by atoms with E-state index in [1.165, 1.54) is 0 Å². The molecule has 1 aliphatic rings. The summed E-state index contributed by atoms with van der Waals surface area (Å²) in [7, 11) is 0. The molecule has 0 saturated carbocycles. The molecule has 0 bridgehead atoms. The summed E-state index contributed by atoms with van der Waals surface area (Å²) in [6.45, 7) is 4.95. The fourth-order valence-corrected chi connectivity index (χ4v) is 2.86. The minimum atomic E-state index is -0.631. The lowest BCUT2D eigenvalue weighted by Crippen LogP contribution is -2.36. The molecule has 6 nitrogen and oxygen atoms in total. The highest BCUT2D eigenvalue weighted by atomic mass is 35.5. The van der Waals surface area contributed by atoms with Crippen LogP contribution in [0.3, 0.4) is 0 Å². The predicted octanol–water partition coefficient (Wildman–Crippen LogP) is 3.37. The van der Waals surface area contributed by atoms with Gasteiger partial charge in [0.2, 0.25) is 0 Å². The number of carbonyl (C=O) groups is 1. The number of anilines is 2. The van der Waals surface area contributed by atoms with Crippen LogP contribution in [0.1, 0.15) is 13.3 Å². The van der Waals surface area contributed by atoms with E-state index in [0.29, 0.717) is 36.1 Å². The standard InChI is InChI=1S/C19H22ClN3O3/c1-2-16(26-17-6-4-3-5-15(17)20)19(24)22-14-7-8-18(21-13-14)23-9-11-25-12-10-23/h3-8,13,16H,2,9-12H2,1H3,(H,22,24)/t16-/m1/s1. The minimum absolute atomic E-state index is 0.228. The summed E-state index contributed by atoms with van der Waals surface area (Å²) in [6.07, 6.45) is 1.55. The average molecular weight is 376 g/mol. The molecule has 0 unspecified atom stereocenters. The first-order valence-electron chi connectivity index (χ1n) is 8.68. The van der Waals surface area contributed by atoms with Crippen LogP contribution in [0.4, 0.5) is 11.5 Å². The van der Waals surface area contributed by atoms with Crippen molar-refractivity contribution in [3.05, 3.63) is 47.6 Å². The summed E-state index contributed by atoms with van der Waals surface area (Å²) in [6, 6.07) is 10.9. The molecule has 1 saturated heterocycles. The molecule has 7 heteroatoms. The van der Waals surface area contributed by atoms with Crippen molar-refractivity contribution in [3.63, 3.8) is 0 Å². The van der Waals surface area contributed by atoms with E-state index in [2.05, 4.69) is 15.2 Å². The summed E-state index contributed by atoms with van der Waals surface area (Å²) in [5.41, 5.74) is 0.633. The number of hydrogen-bond acceptors (Lipinski definition) is 5. The molecule has 26 heavy (non-hydrogen) atoms. The molecule has 2 aromatic rings. The van der Waals surface area contributed by atoms with Crippen LogP contribution in [0, 0.1) is 0 Å². The summed E-state index contributed by atoms with van der Waals surface area (Å²) >= 11 is 6.10. The number of benzene rings is 1. The number of morpholine rings is 1. The Kier molecular flexibility index (Phi) is 6.30. The number of rotatable bonds is 6. The van der Waals surface area contributed by atoms with Crippen LogP contribution in [0.15, 0.2) is 42.6 Å². The third kappa shape index (κ3) is 4.65. The van der Waals surface area contributed by atoms with Crippen molar-refractivity contribution in [2.75, 3.05) is 36.5 Å². The van der Waals surface area contributed by atoms with E-state index in [0.717, 1.165) is 18.9 Å². The molecule has 1 aromatic carbocycles. The van der Waals surface area contributed by atoms with Crippen molar-refractivity contribution in [1.29, 1.82) is 0 Å². The number of amides is 1. The highest BCUT2D eigenvalue weighted by Crippen LogP contribution is 2.25. The van der Waals surface area contributed by atoms with Gasteiger partial charge >= 0.3 is 0 Å². The topological polar surface area (TPSA) is 63.7 Å². The van der Waals surface area contributed by atoms with E-state index in [1.54, 1.807) is 18.3 Å². The Morgan fingerprint density at radius 1 is 1.31 bits per heavy atom. The van der Waals surface area contributed by atoms with Crippen LogP contribution in [-0.4, -0.2) is 43.3 Å². The van der Waals surface area contributed by atoms with Gasteiger partial charge in [-0.25, -0.2) is 4.98 Å². The van der Waals surface area contributed by atoms with Crippen molar-refractivity contribution >= 4 is 29.0 Å². The van der Waals surface area contributed by atoms with Crippen LogP contribution in [0.5, 0.6) is 5.75 Å². The lowest BCUT2D eigenvalue weighted by Gasteiger charge is -2.27. The Morgan fingerprint density at radius 2 is 2.08 bits per heavy atom. The molecule has 1 N–H and O–H groups in total. The van der Waals surface area contributed by atoms with Gasteiger partial charge in [0.25, 0.3) is 5.91 Å². The van der Waals surface area contributed by atoms with E-state index in [4.69, 9.17) is 21.1 Å². The Bertz CT molecular complexity index is 733. The lowest BCUT2D eigenvalue weighted by atomic mass is 10.2. The Hall–Kier alpha value is -2.31. The van der Waals surface area contributed by atoms with Gasteiger partial charge in [-0.2, -0.15) is 0 Å². The van der Waals surface area contributed by atoms with Crippen molar-refractivity contribution in [2.45, 2.75) is 19.4 Å². The fourth-order valence-electron chi connectivity index (χ4n) is 2.68. The zero-order valence-electron chi connectivity index (χ0n) is 14.7. The zero-order chi connectivity index (χ0) is 18.4. The Balaban J connectivity index is 1.61. The second-order valence-corrected chi connectivity index (χ2v) is 6.35. The van der Waals surface area contributed by atoms with Crippen molar-refractivity contribution in [2.24, 2.45) is 0 Å². The van der Waals surface area contributed by atoms with Gasteiger partial charge in [-0.15, -0.1) is 0 Å². The highest BCUT2D eigenvalue weighted by Gasteiger charge is 2.20. The first-order valence-corrected chi connectivity index (χ1v) is 9.06. The molecule has 1 fully saturated rings. The van der Waals surface area contributed by atoms with Crippen molar-refractivity contribution < 1.29 is 14.3 Å². The quantitative estimate of drug-likeness (QED) is 0.838. The van der Waals surface area contributed by atoms with Gasteiger partial charge in [-0.05, 0) is 30.7 Å². The second-order valence-electron chi connectivity index (χ2n) is 5.94. The molecule has 2 heterocycles. The number of hydrogen-bond donors (Lipinski definition) is 1. The molecule has 0 spiro atoms. The summed E-state index contributed by atoms with van der Waals surface area (Å²) in [5, 5.41) is 3.33. The van der Waals surface area contributed by atoms with E-state index < -0.39 is 6.10 Å². The normalized spacial score (nSPS) is 15.4. The smallest absolute Gasteiger partial charge is 0.265 e. The fraction of sp³-hybridized carbons (Fsp3) is 0.368. The molecule has 0 aliphatic carbocycles. The number of nitrogens with zero attached hydrogens (tertiary/aromatic N) is 2. The predicted molar refractivity (Wildman–Crippen MR) is 102 cm³/mol. The van der Waals surface area contributed by atoms with Crippen LogP contribution < -0.4 is 15.0 Å². The largest absolute Gasteiger partial charge is 0.479 e. The van der Waals surface area contributed by atoms with Crippen LogP contribution in [-0.2, 0) is 9.53 Å². The molecular weight excluding hydrogens is 354 g/mol. The van der Waals surface area contributed by atoms with Crippen LogP contribution in [0.2, 0.25) is 5.02 Å². The number of carbonyl (C=O) groups excluding carboxylic acids is 1. The number of nitrogens with one attached hydrogen (secondary N) is 1. The van der Waals surface area contributed by atoms with Crippen molar-refractivity contribution in [1.82, 2.24) is 4.98 Å². The van der Waals surface area contributed by atoms with Gasteiger partial charge < -0.3 is 19.7 Å². The number of halogens is 1.